The van der Waals surface area contributed by atoms with Crippen molar-refractivity contribution in [2.75, 3.05) is 19.9 Å². The maximum absolute atomic E-state index is 12.7. The first-order valence-electron chi connectivity index (χ1n) is 11.6. The summed E-state index contributed by atoms with van der Waals surface area (Å²) in [5.74, 6) is 1.28. The summed E-state index contributed by atoms with van der Waals surface area (Å²) in [4.78, 5) is 15.0. The van der Waals surface area contributed by atoms with Gasteiger partial charge in [0.25, 0.3) is 0 Å². The summed E-state index contributed by atoms with van der Waals surface area (Å²) in [6.45, 7) is 5.49. The first-order valence-corrected chi connectivity index (χ1v) is 11.6. The second-order valence-corrected chi connectivity index (χ2v) is 8.42. The van der Waals surface area contributed by atoms with Crippen LogP contribution in [0.25, 0.3) is 0 Å². The van der Waals surface area contributed by atoms with Gasteiger partial charge in [-0.1, -0.05) is 42.5 Å². The van der Waals surface area contributed by atoms with Gasteiger partial charge in [-0.2, -0.15) is 5.10 Å². The third-order valence-electron chi connectivity index (χ3n) is 6.23. The van der Waals surface area contributed by atoms with Crippen molar-refractivity contribution in [2.45, 2.75) is 45.8 Å². The van der Waals surface area contributed by atoms with E-state index in [4.69, 9.17) is 19.3 Å². The number of fused-ring (bicyclic) bond motifs is 2. The zero-order valence-electron chi connectivity index (χ0n) is 19.0. The van der Waals surface area contributed by atoms with Crippen molar-refractivity contribution in [1.29, 1.82) is 0 Å². The second-order valence-electron chi connectivity index (χ2n) is 8.42. The fraction of sp³-hybridized carbons (Fsp3) is 0.385. The Balaban J connectivity index is 1.33. The molecule has 0 spiro atoms. The van der Waals surface area contributed by atoms with E-state index in [1.165, 1.54) is 5.56 Å². The Labute approximate surface area is 193 Å². The van der Waals surface area contributed by atoms with E-state index in [2.05, 4.69) is 35.2 Å². The fourth-order valence-electron chi connectivity index (χ4n) is 4.66. The van der Waals surface area contributed by atoms with Gasteiger partial charge in [0.15, 0.2) is 17.2 Å². The summed E-state index contributed by atoms with van der Waals surface area (Å²) in [6, 6.07) is 16.5. The smallest absolute Gasteiger partial charge is 0.359 e. The van der Waals surface area contributed by atoms with Crippen LogP contribution in [-0.4, -0.2) is 40.6 Å². The summed E-state index contributed by atoms with van der Waals surface area (Å²) in [5.41, 5.74) is 5.01. The van der Waals surface area contributed by atoms with Crippen LogP contribution in [0.15, 0.2) is 48.5 Å². The van der Waals surface area contributed by atoms with Gasteiger partial charge in [0.05, 0.1) is 6.61 Å². The molecule has 0 unspecified atom stereocenters. The Hall–Kier alpha value is -3.32. The molecule has 1 aromatic heterocycles. The van der Waals surface area contributed by atoms with Gasteiger partial charge >= 0.3 is 5.97 Å². The molecule has 0 N–H and O–H groups in total. The molecular weight excluding hydrogens is 418 g/mol. The first-order chi connectivity index (χ1) is 16.2. The lowest BCUT2D eigenvalue weighted by molar-refractivity contribution is 0.0515. The van der Waals surface area contributed by atoms with Crippen molar-refractivity contribution in [3.63, 3.8) is 0 Å². The third kappa shape index (κ3) is 4.59. The molecule has 0 bridgehead atoms. The summed E-state index contributed by atoms with van der Waals surface area (Å²) in [7, 11) is 0. The van der Waals surface area contributed by atoms with Gasteiger partial charge < -0.3 is 14.2 Å². The molecule has 33 heavy (non-hydrogen) atoms. The van der Waals surface area contributed by atoms with E-state index in [0.717, 1.165) is 67.2 Å². The van der Waals surface area contributed by atoms with Gasteiger partial charge in [0, 0.05) is 49.4 Å². The molecule has 0 amide bonds. The van der Waals surface area contributed by atoms with Gasteiger partial charge in [-0.3, -0.25) is 9.58 Å². The molecule has 2 aliphatic heterocycles. The average molecular weight is 448 g/mol. The minimum atomic E-state index is -0.338. The number of rotatable bonds is 8. The quantitative estimate of drug-likeness (QED) is 0.487. The SMILES string of the molecule is CCOC(=O)c1nn(CCCc2ccccc2)c2c1CN(Cc1cccc3c1OCO3)CC2. The van der Waals surface area contributed by atoms with Crippen molar-refractivity contribution in [2.24, 2.45) is 0 Å². The van der Waals surface area contributed by atoms with E-state index >= 15 is 0 Å². The highest BCUT2D eigenvalue weighted by atomic mass is 16.7. The lowest BCUT2D eigenvalue weighted by Crippen LogP contribution is -2.31. The van der Waals surface area contributed by atoms with Crippen molar-refractivity contribution < 1.29 is 19.0 Å². The molecule has 2 aromatic carbocycles. The number of carbonyl (C=O) groups excluding carboxylic acids is 1. The van der Waals surface area contributed by atoms with Gasteiger partial charge in [0.1, 0.15) is 0 Å². The maximum Gasteiger partial charge on any atom is 0.359 e. The lowest BCUT2D eigenvalue weighted by atomic mass is 10.0. The molecular formula is C26H29N3O4. The van der Waals surface area contributed by atoms with Crippen LogP contribution in [0.5, 0.6) is 11.5 Å². The van der Waals surface area contributed by atoms with Crippen LogP contribution >= 0.6 is 0 Å². The van der Waals surface area contributed by atoms with Crippen LogP contribution in [0, 0.1) is 0 Å². The molecule has 0 fully saturated rings. The monoisotopic (exact) mass is 447 g/mol. The van der Waals surface area contributed by atoms with E-state index in [1.807, 2.05) is 29.8 Å². The molecule has 7 nitrogen and oxygen atoms in total. The molecule has 7 heteroatoms. The van der Waals surface area contributed by atoms with E-state index < -0.39 is 0 Å². The van der Waals surface area contributed by atoms with Crippen molar-refractivity contribution in [3.8, 4) is 11.5 Å². The Bertz CT molecular complexity index is 1130. The van der Waals surface area contributed by atoms with Crippen LogP contribution in [0.2, 0.25) is 0 Å². The molecule has 3 heterocycles. The Morgan fingerprint density at radius 1 is 1.12 bits per heavy atom. The summed E-state index contributed by atoms with van der Waals surface area (Å²) >= 11 is 0. The number of aryl methyl sites for hydroxylation is 2. The highest BCUT2D eigenvalue weighted by molar-refractivity contribution is 5.89. The van der Waals surface area contributed by atoms with Gasteiger partial charge in [-0.15, -0.1) is 0 Å². The number of carbonyl (C=O) groups is 1. The molecule has 172 valence electrons. The van der Waals surface area contributed by atoms with Crippen LogP contribution in [-0.2, 0) is 37.2 Å². The summed E-state index contributed by atoms with van der Waals surface area (Å²) in [5, 5.41) is 4.71. The molecule has 3 aromatic rings. The van der Waals surface area contributed by atoms with E-state index in [1.54, 1.807) is 0 Å². The highest BCUT2D eigenvalue weighted by Gasteiger charge is 2.29. The van der Waals surface area contributed by atoms with Gasteiger partial charge in [-0.05, 0) is 31.4 Å². The minimum Gasteiger partial charge on any atom is -0.461 e. The Morgan fingerprint density at radius 3 is 2.85 bits per heavy atom. The van der Waals surface area contributed by atoms with E-state index in [-0.39, 0.29) is 12.8 Å². The maximum atomic E-state index is 12.7. The highest BCUT2D eigenvalue weighted by Crippen LogP contribution is 2.36. The number of hydrogen-bond acceptors (Lipinski definition) is 6. The molecule has 0 saturated heterocycles. The van der Waals surface area contributed by atoms with Crippen LogP contribution in [0.4, 0.5) is 0 Å². The van der Waals surface area contributed by atoms with Crippen LogP contribution < -0.4 is 9.47 Å². The Kier molecular flexibility index (Phi) is 6.30. The molecule has 0 saturated carbocycles. The number of para-hydroxylation sites is 1. The predicted molar refractivity (Wildman–Crippen MR) is 123 cm³/mol. The molecule has 5 rings (SSSR count). The molecule has 2 aliphatic rings. The van der Waals surface area contributed by atoms with Crippen molar-refractivity contribution in [1.82, 2.24) is 14.7 Å². The zero-order chi connectivity index (χ0) is 22.6. The first kappa shape index (κ1) is 21.5. The number of aromatic nitrogens is 2. The minimum absolute atomic E-state index is 0.263. The third-order valence-corrected chi connectivity index (χ3v) is 6.23. The fourth-order valence-corrected chi connectivity index (χ4v) is 4.66. The second kappa shape index (κ2) is 9.67. The number of nitrogens with zero attached hydrogens (tertiary/aromatic N) is 3. The summed E-state index contributed by atoms with van der Waals surface area (Å²) in [6.07, 6.45) is 2.80. The molecule has 0 atom stereocenters. The topological polar surface area (TPSA) is 65.8 Å². The average Bonchev–Trinajstić information content (AvgIpc) is 3.46. The molecule has 0 radical (unpaired) electrons. The number of hydrogen-bond donors (Lipinski definition) is 0. The number of ether oxygens (including phenoxy) is 3. The normalized spacial score (nSPS) is 14.8. The lowest BCUT2D eigenvalue weighted by Gasteiger charge is -2.28. The Morgan fingerprint density at radius 2 is 2.00 bits per heavy atom. The van der Waals surface area contributed by atoms with Crippen LogP contribution in [0.1, 0.15) is 46.2 Å². The van der Waals surface area contributed by atoms with Gasteiger partial charge in [-0.25, -0.2) is 4.79 Å². The number of benzene rings is 2. The van der Waals surface area contributed by atoms with Crippen molar-refractivity contribution >= 4 is 5.97 Å². The largest absolute Gasteiger partial charge is 0.461 e. The zero-order valence-corrected chi connectivity index (χ0v) is 19.0. The summed E-state index contributed by atoms with van der Waals surface area (Å²) < 4.78 is 18.6. The number of esters is 1. The van der Waals surface area contributed by atoms with E-state index in [9.17, 15) is 4.79 Å². The predicted octanol–water partition coefficient (Wildman–Crippen LogP) is 3.98. The standard InChI is InChI=1S/C26H29N3O4/c1-2-31-26(30)24-21-17-28(16-20-11-6-12-23-25(20)33-18-32-23)15-13-22(21)29(27-24)14-7-10-19-8-4-3-5-9-19/h3-6,8-9,11-12H,2,7,10,13-18H2,1H3. The van der Waals surface area contributed by atoms with E-state index in [0.29, 0.717) is 18.8 Å². The van der Waals surface area contributed by atoms with Crippen molar-refractivity contribution in [3.05, 3.63) is 76.6 Å². The van der Waals surface area contributed by atoms with Gasteiger partial charge in [0.2, 0.25) is 6.79 Å². The molecule has 0 aliphatic carbocycles. The van der Waals surface area contributed by atoms with Crippen LogP contribution in [0.3, 0.4) is 0 Å².